The predicted molar refractivity (Wildman–Crippen MR) is 128 cm³/mol. The zero-order valence-electron chi connectivity index (χ0n) is 18.7. The summed E-state index contributed by atoms with van der Waals surface area (Å²) in [6.07, 6.45) is 0. The van der Waals surface area contributed by atoms with E-state index in [1.807, 2.05) is 0 Å². The van der Waals surface area contributed by atoms with Crippen molar-refractivity contribution in [1.29, 1.82) is 0 Å². The van der Waals surface area contributed by atoms with Crippen LogP contribution in [0.3, 0.4) is 0 Å². The van der Waals surface area contributed by atoms with E-state index in [1.54, 1.807) is 0 Å². The van der Waals surface area contributed by atoms with E-state index in [4.69, 9.17) is 4.74 Å². The first-order valence-electron chi connectivity index (χ1n) is 11.4. The van der Waals surface area contributed by atoms with Gasteiger partial charge >= 0.3 is 5.97 Å². The minimum atomic E-state index is -0.176. The molecule has 1 aliphatic carbocycles. The van der Waals surface area contributed by atoms with Gasteiger partial charge < -0.3 is 9.64 Å². The first kappa shape index (κ1) is 22.5. The average molecular weight is 485 g/mol. The summed E-state index contributed by atoms with van der Waals surface area (Å²) in [4.78, 5) is 16.8. The van der Waals surface area contributed by atoms with Crippen molar-refractivity contribution in [2.24, 2.45) is 17.8 Å². The molecule has 166 valence electrons. The number of nitrogens with zero attached hydrogens (tertiary/aromatic N) is 2. The Morgan fingerprint density at radius 2 is 1.77 bits per heavy atom. The van der Waals surface area contributed by atoms with Gasteiger partial charge in [-0.3, -0.25) is 9.69 Å². The van der Waals surface area contributed by atoms with Gasteiger partial charge in [0.25, 0.3) is 0 Å². The van der Waals surface area contributed by atoms with Crippen molar-refractivity contribution >= 4 is 21.9 Å². The lowest BCUT2D eigenvalue weighted by molar-refractivity contribution is -0.149. The van der Waals surface area contributed by atoms with Crippen molar-refractivity contribution < 1.29 is 9.53 Å². The molecule has 0 radical (unpaired) electrons. The SMILES string of the molecule is CCN(CC)[C@H]1[C@H](COC(C)=O)[C@@H]2CN(Cc3ccccc3)[C@@H](c3ccc(Br)cc3)[C@@H]21. The highest BCUT2D eigenvalue weighted by atomic mass is 79.9. The summed E-state index contributed by atoms with van der Waals surface area (Å²) in [5, 5.41) is 0. The third kappa shape index (κ3) is 4.59. The van der Waals surface area contributed by atoms with Crippen LogP contribution in [0.5, 0.6) is 0 Å². The summed E-state index contributed by atoms with van der Waals surface area (Å²) in [5.41, 5.74) is 2.73. The third-order valence-electron chi connectivity index (χ3n) is 7.23. The zero-order chi connectivity index (χ0) is 22.0. The minimum Gasteiger partial charge on any atom is -0.466 e. The molecule has 4 nitrogen and oxygen atoms in total. The van der Waals surface area contributed by atoms with E-state index in [-0.39, 0.29) is 5.97 Å². The van der Waals surface area contributed by atoms with Crippen molar-refractivity contribution in [2.75, 3.05) is 26.2 Å². The first-order chi connectivity index (χ1) is 15.0. The van der Waals surface area contributed by atoms with Gasteiger partial charge in [-0.2, -0.15) is 0 Å². The molecule has 5 atom stereocenters. The van der Waals surface area contributed by atoms with Crippen LogP contribution in [0.25, 0.3) is 0 Å². The lowest BCUT2D eigenvalue weighted by Crippen LogP contribution is -2.61. The van der Waals surface area contributed by atoms with E-state index in [0.29, 0.717) is 36.4 Å². The topological polar surface area (TPSA) is 32.8 Å². The second kappa shape index (κ2) is 9.85. The number of carbonyl (C=O) groups is 1. The van der Waals surface area contributed by atoms with Crippen LogP contribution in [0.1, 0.15) is 37.9 Å². The second-order valence-corrected chi connectivity index (χ2v) is 9.75. The molecule has 0 bridgehead atoms. The Morgan fingerprint density at radius 3 is 2.39 bits per heavy atom. The number of esters is 1. The van der Waals surface area contributed by atoms with Gasteiger partial charge in [0.05, 0.1) is 6.61 Å². The number of halogens is 1. The Balaban J connectivity index is 1.67. The highest BCUT2D eigenvalue weighted by Crippen LogP contribution is 2.57. The molecular weight excluding hydrogens is 452 g/mol. The number of rotatable bonds is 8. The summed E-state index contributed by atoms with van der Waals surface area (Å²) in [6.45, 7) is 10.6. The van der Waals surface area contributed by atoms with Gasteiger partial charge in [0.2, 0.25) is 0 Å². The molecular formula is C26H33BrN2O2. The largest absolute Gasteiger partial charge is 0.466 e. The summed E-state index contributed by atoms with van der Waals surface area (Å²) < 4.78 is 6.66. The average Bonchev–Trinajstić information content (AvgIpc) is 3.07. The highest BCUT2D eigenvalue weighted by molar-refractivity contribution is 9.10. The van der Waals surface area contributed by atoms with E-state index in [9.17, 15) is 4.79 Å². The molecule has 31 heavy (non-hydrogen) atoms. The molecule has 1 saturated heterocycles. The monoisotopic (exact) mass is 484 g/mol. The van der Waals surface area contributed by atoms with Crippen LogP contribution in [0, 0.1) is 17.8 Å². The molecule has 1 aliphatic heterocycles. The summed E-state index contributed by atoms with van der Waals surface area (Å²) in [7, 11) is 0. The van der Waals surface area contributed by atoms with Crippen molar-refractivity contribution in [2.45, 2.75) is 39.4 Å². The van der Waals surface area contributed by atoms with Gasteiger partial charge in [-0.15, -0.1) is 0 Å². The molecule has 0 aromatic heterocycles. The van der Waals surface area contributed by atoms with Crippen LogP contribution in [0.15, 0.2) is 59.1 Å². The van der Waals surface area contributed by atoms with Crippen molar-refractivity contribution in [3.63, 3.8) is 0 Å². The number of ether oxygens (including phenoxy) is 1. The molecule has 2 fully saturated rings. The number of fused-ring (bicyclic) bond motifs is 1. The van der Waals surface area contributed by atoms with E-state index in [1.165, 1.54) is 18.1 Å². The molecule has 2 aromatic rings. The van der Waals surface area contributed by atoms with Crippen molar-refractivity contribution in [1.82, 2.24) is 9.80 Å². The summed E-state index contributed by atoms with van der Waals surface area (Å²) in [6, 6.07) is 20.4. The number of carbonyl (C=O) groups excluding carboxylic acids is 1. The Bertz CT molecular complexity index is 869. The van der Waals surface area contributed by atoms with Crippen LogP contribution in [0.4, 0.5) is 0 Å². The highest BCUT2D eigenvalue weighted by Gasteiger charge is 2.61. The number of hydrogen-bond donors (Lipinski definition) is 0. The van der Waals surface area contributed by atoms with Gasteiger partial charge in [0.15, 0.2) is 0 Å². The Labute approximate surface area is 194 Å². The fourth-order valence-electron chi connectivity index (χ4n) is 5.91. The minimum absolute atomic E-state index is 0.176. The van der Waals surface area contributed by atoms with Gasteiger partial charge in [-0.1, -0.05) is 72.2 Å². The number of likely N-dealkylation sites (tertiary alicyclic amines) is 1. The van der Waals surface area contributed by atoms with Gasteiger partial charge in [-0.25, -0.2) is 0 Å². The first-order valence-corrected chi connectivity index (χ1v) is 12.2. The molecule has 0 spiro atoms. The summed E-state index contributed by atoms with van der Waals surface area (Å²) >= 11 is 3.59. The maximum absolute atomic E-state index is 11.6. The molecule has 2 aliphatic rings. The molecule has 4 rings (SSSR count). The quantitative estimate of drug-likeness (QED) is 0.485. The Kier molecular flexibility index (Phi) is 7.15. The van der Waals surface area contributed by atoms with Crippen LogP contribution in [-0.4, -0.2) is 48.1 Å². The van der Waals surface area contributed by atoms with E-state index >= 15 is 0 Å². The Hall–Kier alpha value is -1.69. The molecule has 5 heteroatoms. The number of benzene rings is 2. The van der Waals surface area contributed by atoms with E-state index in [2.05, 4.69) is 94.2 Å². The fourth-order valence-corrected chi connectivity index (χ4v) is 6.17. The fraction of sp³-hybridized carbons (Fsp3) is 0.500. The molecule has 1 heterocycles. The van der Waals surface area contributed by atoms with Crippen LogP contribution in [-0.2, 0) is 16.1 Å². The third-order valence-corrected chi connectivity index (χ3v) is 7.76. The van der Waals surface area contributed by atoms with Crippen LogP contribution in [0.2, 0.25) is 0 Å². The molecule has 2 aromatic carbocycles. The predicted octanol–water partition coefficient (Wildman–Crippen LogP) is 5.14. The maximum atomic E-state index is 11.6. The van der Waals surface area contributed by atoms with Crippen molar-refractivity contribution in [3.05, 3.63) is 70.2 Å². The lowest BCUT2D eigenvalue weighted by atomic mass is 9.59. The van der Waals surface area contributed by atoms with Gasteiger partial charge in [-0.05, 0) is 48.2 Å². The second-order valence-electron chi connectivity index (χ2n) is 8.83. The van der Waals surface area contributed by atoms with Gasteiger partial charge in [0.1, 0.15) is 0 Å². The maximum Gasteiger partial charge on any atom is 0.302 e. The van der Waals surface area contributed by atoms with Crippen LogP contribution >= 0.6 is 15.9 Å². The standard InChI is InChI=1S/C26H33BrN2O2/c1-4-28(5-2)26-23(17-31-18(3)30)22-16-29(15-19-9-7-6-8-10-19)25(24(22)26)20-11-13-21(27)14-12-20/h6-14,22-26H,4-5,15-17H2,1-3H3/t22-,23+,24+,25-,26-/m0/s1. The summed E-state index contributed by atoms with van der Waals surface area (Å²) in [5.74, 6) is 1.31. The lowest BCUT2D eigenvalue weighted by Gasteiger charge is -2.54. The van der Waals surface area contributed by atoms with Crippen LogP contribution < -0.4 is 0 Å². The molecule has 0 N–H and O–H groups in total. The molecule has 0 amide bonds. The van der Waals surface area contributed by atoms with E-state index in [0.717, 1.165) is 30.7 Å². The Morgan fingerprint density at radius 1 is 1.10 bits per heavy atom. The van der Waals surface area contributed by atoms with Crippen molar-refractivity contribution in [3.8, 4) is 0 Å². The molecule has 1 saturated carbocycles. The number of hydrogen-bond acceptors (Lipinski definition) is 4. The molecule has 0 unspecified atom stereocenters. The van der Waals surface area contributed by atoms with Gasteiger partial charge in [0, 0.05) is 42.5 Å². The van der Waals surface area contributed by atoms with E-state index < -0.39 is 0 Å². The smallest absolute Gasteiger partial charge is 0.302 e. The normalized spacial score (nSPS) is 27.7. The zero-order valence-corrected chi connectivity index (χ0v) is 20.3.